The fourth-order valence-electron chi connectivity index (χ4n) is 4.73. The number of aromatic nitrogens is 1. The summed E-state index contributed by atoms with van der Waals surface area (Å²) in [6.07, 6.45) is 1.14. The van der Waals surface area contributed by atoms with Gasteiger partial charge in [0.05, 0.1) is 17.4 Å². The maximum Gasteiger partial charge on any atom is 0.441 e. The van der Waals surface area contributed by atoms with Crippen LogP contribution in [0, 0.1) is 29.6 Å². The van der Waals surface area contributed by atoms with Gasteiger partial charge in [0, 0.05) is 35.4 Å². The van der Waals surface area contributed by atoms with E-state index >= 15 is 0 Å². The van der Waals surface area contributed by atoms with Crippen LogP contribution in [0.3, 0.4) is 0 Å². The number of para-hydroxylation sites is 1. The molecule has 1 aliphatic heterocycles. The lowest BCUT2D eigenvalue weighted by Gasteiger charge is -2.36. The van der Waals surface area contributed by atoms with Crippen molar-refractivity contribution in [3.63, 3.8) is 0 Å². The largest absolute Gasteiger partial charge is 0.441 e. The molecule has 1 saturated heterocycles. The Hall–Kier alpha value is -3.22. The van der Waals surface area contributed by atoms with Crippen molar-refractivity contribution in [2.75, 3.05) is 18.4 Å². The van der Waals surface area contributed by atoms with E-state index in [4.69, 9.17) is 4.42 Å². The SMILES string of the molecule is Cc1ccc(CN2CC(C#N)CC(NC(=O)[C@H](CC(C)(C)C)Nc3nc(=O)oc4ccccc34)C2)s1. The molecule has 8 nitrogen and oxygen atoms in total. The van der Waals surface area contributed by atoms with Gasteiger partial charge in [-0.2, -0.15) is 10.2 Å². The number of nitrogens with one attached hydrogen (secondary N) is 2. The van der Waals surface area contributed by atoms with Crippen LogP contribution >= 0.6 is 11.3 Å². The Bertz CT molecular complexity index is 1320. The summed E-state index contributed by atoms with van der Waals surface area (Å²) in [6.45, 7) is 10.4. The number of fused-ring (bicyclic) bond motifs is 1. The van der Waals surface area contributed by atoms with E-state index in [1.807, 2.05) is 12.1 Å². The summed E-state index contributed by atoms with van der Waals surface area (Å²) < 4.78 is 5.21. The Morgan fingerprint density at radius 2 is 2.06 bits per heavy atom. The zero-order valence-electron chi connectivity index (χ0n) is 21.2. The number of anilines is 1. The van der Waals surface area contributed by atoms with Gasteiger partial charge >= 0.3 is 5.76 Å². The number of thiophene rings is 1. The van der Waals surface area contributed by atoms with Crippen molar-refractivity contribution in [2.24, 2.45) is 11.3 Å². The van der Waals surface area contributed by atoms with Gasteiger partial charge in [0.25, 0.3) is 0 Å². The van der Waals surface area contributed by atoms with Gasteiger partial charge < -0.3 is 15.1 Å². The second-order valence-electron chi connectivity index (χ2n) is 10.8. The van der Waals surface area contributed by atoms with Crippen molar-refractivity contribution in [3.05, 3.63) is 56.7 Å². The highest BCUT2D eigenvalue weighted by Gasteiger charge is 2.32. The lowest BCUT2D eigenvalue weighted by atomic mass is 9.87. The lowest BCUT2D eigenvalue weighted by Crippen LogP contribution is -2.53. The zero-order valence-corrected chi connectivity index (χ0v) is 22.0. The number of hydrogen-bond acceptors (Lipinski definition) is 8. The summed E-state index contributed by atoms with van der Waals surface area (Å²) in [5, 5.41) is 16.7. The third kappa shape index (κ3) is 6.71. The molecule has 0 aliphatic carbocycles. The Morgan fingerprint density at radius 1 is 1.28 bits per heavy atom. The van der Waals surface area contributed by atoms with Crippen LogP contribution in [0.2, 0.25) is 0 Å². The summed E-state index contributed by atoms with van der Waals surface area (Å²) in [4.78, 5) is 34.4. The van der Waals surface area contributed by atoms with Crippen molar-refractivity contribution < 1.29 is 9.21 Å². The highest BCUT2D eigenvalue weighted by Crippen LogP contribution is 2.27. The first-order valence-electron chi connectivity index (χ1n) is 12.2. The van der Waals surface area contributed by atoms with Crippen LogP contribution in [0.25, 0.3) is 11.0 Å². The molecule has 0 saturated carbocycles. The van der Waals surface area contributed by atoms with E-state index in [-0.39, 0.29) is 23.3 Å². The first kappa shape index (κ1) is 25.9. The summed E-state index contributed by atoms with van der Waals surface area (Å²) in [5.74, 6) is -0.697. The standard InChI is InChI=1S/C27H33N5O3S/c1-17-9-10-20(36-17)16-32-14-18(13-28)11-19(15-32)29-25(33)22(12-27(2,3)4)30-24-21-7-5-6-8-23(21)35-26(34)31-24/h5-10,18-19,22H,11-12,14-16H2,1-4H3,(H,29,33)(H,30,31,34)/t18?,19?,22-/m0/s1. The van der Waals surface area contributed by atoms with Gasteiger partial charge in [0.15, 0.2) is 0 Å². The normalized spacial score (nSPS) is 19.5. The fourth-order valence-corrected chi connectivity index (χ4v) is 5.66. The van der Waals surface area contributed by atoms with Crippen molar-refractivity contribution in [3.8, 4) is 6.07 Å². The number of nitriles is 1. The number of aryl methyl sites for hydroxylation is 1. The van der Waals surface area contributed by atoms with Gasteiger partial charge in [0.2, 0.25) is 5.91 Å². The first-order chi connectivity index (χ1) is 17.1. The number of amides is 1. The van der Waals surface area contributed by atoms with Crippen LogP contribution in [-0.4, -0.2) is 41.0 Å². The van der Waals surface area contributed by atoms with Gasteiger partial charge in [-0.05, 0) is 49.4 Å². The van der Waals surface area contributed by atoms with Crippen molar-refractivity contribution >= 4 is 34.0 Å². The molecule has 1 aromatic carbocycles. The van der Waals surface area contributed by atoms with Crippen LogP contribution in [0.15, 0.2) is 45.6 Å². The van der Waals surface area contributed by atoms with E-state index < -0.39 is 11.8 Å². The van der Waals surface area contributed by atoms with E-state index in [1.165, 1.54) is 9.75 Å². The lowest BCUT2D eigenvalue weighted by molar-refractivity contribution is -0.123. The zero-order chi connectivity index (χ0) is 25.9. The number of likely N-dealkylation sites (tertiary alicyclic amines) is 1. The Labute approximate surface area is 215 Å². The summed E-state index contributed by atoms with van der Waals surface area (Å²) in [5.41, 5.74) is 0.258. The molecule has 3 aromatic rings. The molecule has 0 bridgehead atoms. The van der Waals surface area contributed by atoms with Crippen molar-refractivity contribution in [1.29, 1.82) is 5.26 Å². The number of nitrogens with zero attached hydrogens (tertiary/aromatic N) is 3. The molecule has 2 unspecified atom stereocenters. The molecule has 1 aliphatic rings. The molecule has 1 fully saturated rings. The smallest absolute Gasteiger partial charge is 0.408 e. The molecule has 2 N–H and O–H groups in total. The number of hydrogen-bond donors (Lipinski definition) is 2. The quantitative estimate of drug-likeness (QED) is 0.490. The minimum absolute atomic E-state index is 0.147. The molecule has 4 rings (SSSR count). The van der Waals surface area contributed by atoms with E-state index in [2.05, 4.69) is 66.4 Å². The Morgan fingerprint density at radius 3 is 2.75 bits per heavy atom. The molecule has 3 heterocycles. The summed E-state index contributed by atoms with van der Waals surface area (Å²) >= 11 is 1.76. The second-order valence-corrected chi connectivity index (χ2v) is 12.1. The molecule has 0 radical (unpaired) electrons. The number of piperidine rings is 1. The van der Waals surface area contributed by atoms with Crippen LogP contribution in [0.1, 0.15) is 43.4 Å². The molecule has 2 aromatic heterocycles. The van der Waals surface area contributed by atoms with Crippen molar-refractivity contribution in [1.82, 2.24) is 15.2 Å². The summed E-state index contributed by atoms with van der Waals surface area (Å²) in [6, 6.07) is 13.0. The van der Waals surface area contributed by atoms with E-state index in [0.717, 1.165) is 6.54 Å². The highest BCUT2D eigenvalue weighted by atomic mass is 32.1. The fraction of sp³-hybridized carbons (Fsp3) is 0.481. The Kier molecular flexibility index (Phi) is 7.76. The van der Waals surface area contributed by atoms with Crippen LogP contribution in [0.5, 0.6) is 0 Å². The van der Waals surface area contributed by atoms with E-state index in [1.54, 1.807) is 23.5 Å². The third-order valence-corrected chi connectivity index (χ3v) is 7.20. The number of benzene rings is 1. The molecular formula is C27H33N5O3S. The third-order valence-electron chi connectivity index (χ3n) is 6.22. The maximum absolute atomic E-state index is 13.6. The topological polar surface area (TPSA) is 111 Å². The first-order valence-corrected chi connectivity index (χ1v) is 13.1. The molecule has 36 heavy (non-hydrogen) atoms. The highest BCUT2D eigenvalue weighted by molar-refractivity contribution is 7.11. The average molecular weight is 508 g/mol. The number of rotatable bonds is 7. The minimum atomic E-state index is -0.713. The molecule has 9 heteroatoms. The van der Waals surface area contributed by atoms with E-state index in [9.17, 15) is 14.9 Å². The Balaban J connectivity index is 1.52. The van der Waals surface area contributed by atoms with Gasteiger partial charge in [0.1, 0.15) is 17.4 Å². The van der Waals surface area contributed by atoms with Crippen LogP contribution < -0.4 is 16.4 Å². The van der Waals surface area contributed by atoms with Gasteiger partial charge in [-0.15, -0.1) is 11.3 Å². The van der Waals surface area contributed by atoms with Gasteiger partial charge in [-0.25, -0.2) is 4.79 Å². The van der Waals surface area contributed by atoms with Gasteiger partial charge in [-0.1, -0.05) is 32.9 Å². The molecule has 190 valence electrons. The summed E-state index contributed by atoms with van der Waals surface area (Å²) in [7, 11) is 0. The van der Waals surface area contributed by atoms with Crippen molar-refractivity contribution in [2.45, 2.75) is 59.2 Å². The molecule has 3 atom stereocenters. The monoisotopic (exact) mass is 507 g/mol. The molecule has 1 amide bonds. The van der Waals surface area contributed by atoms with Crippen LogP contribution in [0.4, 0.5) is 5.82 Å². The van der Waals surface area contributed by atoms with E-state index in [0.29, 0.717) is 42.7 Å². The average Bonchev–Trinajstić information content (AvgIpc) is 3.21. The predicted molar refractivity (Wildman–Crippen MR) is 142 cm³/mol. The number of carbonyl (C=O) groups is 1. The minimum Gasteiger partial charge on any atom is -0.408 e. The second kappa shape index (κ2) is 10.8. The number of carbonyl (C=O) groups excluding carboxylic acids is 1. The maximum atomic E-state index is 13.6. The predicted octanol–water partition coefficient (Wildman–Crippen LogP) is 4.31. The molecular weight excluding hydrogens is 474 g/mol. The van der Waals surface area contributed by atoms with Gasteiger partial charge in [-0.3, -0.25) is 9.69 Å². The molecule has 0 spiro atoms. The van der Waals surface area contributed by atoms with Crippen LogP contribution in [-0.2, 0) is 11.3 Å².